The van der Waals surface area contributed by atoms with Gasteiger partial charge in [-0.25, -0.2) is 4.79 Å². The Kier molecular flexibility index (Phi) is 5.35. The molecule has 5 nitrogen and oxygen atoms in total. The van der Waals surface area contributed by atoms with Gasteiger partial charge in [0.05, 0.1) is 0 Å². The molecule has 0 bridgehead atoms. The molecule has 2 aromatic rings. The van der Waals surface area contributed by atoms with Crippen molar-refractivity contribution in [2.24, 2.45) is 0 Å². The van der Waals surface area contributed by atoms with Gasteiger partial charge in [-0.3, -0.25) is 4.98 Å². The number of carbonyl (C=O) groups is 1. The first-order chi connectivity index (χ1) is 11.6. The standard InChI is InChI=1S/C18H21BrN4O/c1-14-11-16(19)4-5-17(14)22-7-9-23(10-8-22)18(24)21-13-15-3-2-6-20-12-15/h2-6,11-12H,7-10,13H2,1H3,(H,21,24). The van der Waals surface area contributed by atoms with Crippen LogP contribution in [-0.2, 0) is 6.54 Å². The van der Waals surface area contributed by atoms with Crippen LogP contribution in [0, 0.1) is 6.92 Å². The van der Waals surface area contributed by atoms with E-state index in [0.717, 1.165) is 36.2 Å². The molecule has 1 aliphatic rings. The van der Waals surface area contributed by atoms with E-state index >= 15 is 0 Å². The number of piperazine rings is 1. The van der Waals surface area contributed by atoms with E-state index in [1.54, 1.807) is 12.4 Å². The first-order valence-electron chi connectivity index (χ1n) is 8.06. The van der Waals surface area contributed by atoms with Crippen LogP contribution >= 0.6 is 15.9 Å². The van der Waals surface area contributed by atoms with Gasteiger partial charge in [-0.15, -0.1) is 0 Å². The monoisotopic (exact) mass is 388 g/mol. The van der Waals surface area contributed by atoms with Gasteiger partial charge in [0.25, 0.3) is 0 Å². The Hall–Kier alpha value is -2.08. The lowest BCUT2D eigenvalue weighted by molar-refractivity contribution is 0.194. The highest BCUT2D eigenvalue weighted by molar-refractivity contribution is 9.10. The summed E-state index contributed by atoms with van der Waals surface area (Å²) < 4.78 is 1.09. The summed E-state index contributed by atoms with van der Waals surface area (Å²) in [6.45, 7) is 5.79. The normalized spacial score (nSPS) is 14.6. The van der Waals surface area contributed by atoms with E-state index in [-0.39, 0.29) is 6.03 Å². The predicted molar refractivity (Wildman–Crippen MR) is 99.1 cm³/mol. The summed E-state index contributed by atoms with van der Waals surface area (Å²) in [7, 11) is 0. The van der Waals surface area contributed by atoms with Crippen LogP contribution in [0.5, 0.6) is 0 Å². The maximum Gasteiger partial charge on any atom is 0.317 e. The Morgan fingerprint density at radius 1 is 1.25 bits per heavy atom. The minimum Gasteiger partial charge on any atom is -0.368 e. The van der Waals surface area contributed by atoms with E-state index < -0.39 is 0 Å². The van der Waals surface area contributed by atoms with E-state index in [9.17, 15) is 4.79 Å². The minimum atomic E-state index is -0.00830. The highest BCUT2D eigenvalue weighted by atomic mass is 79.9. The molecule has 1 saturated heterocycles. The number of urea groups is 1. The molecule has 1 fully saturated rings. The number of hydrogen-bond donors (Lipinski definition) is 1. The van der Waals surface area contributed by atoms with Gasteiger partial charge in [0.15, 0.2) is 0 Å². The number of nitrogens with zero attached hydrogens (tertiary/aromatic N) is 3. The Balaban J connectivity index is 1.52. The lowest BCUT2D eigenvalue weighted by atomic mass is 10.1. The molecule has 1 aromatic carbocycles. The number of hydrogen-bond acceptors (Lipinski definition) is 3. The van der Waals surface area contributed by atoms with Gasteiger partial charge in [-0.1, -0.05) is 22.0 Å². The van der Waals surface area contributed by atoms with Crippen LogP contribution in [0.15, 0.2) is 47.2 Å². The fraction of sp³-hybridized carbons (Fsp3) is 0.333. The number of carbonyl (C=O) groups excluding carboxylic acids is 1. The van der Waals surface area contributed by atoms with Crippen LogP contribution in [0.3, 0.4) is 0 Å². The smallest absolute Gasteiger partial charge is 0.317 e. The summed E-state index contributed by atoms with van der Waals surface area (Å²) in [5.41, 5.74) is 3.50. The average molecular weight is 389 g/mol. The number of pyridine rings is 1. The summed E-state index contributed by atoms with van der Waals surface area (Å²) in [4.78, 5) is 20.6. The van der Waals surface area contributed by atoms with Gasteiger partial charge in [0.1, 0.15) is 0 Å². The largest absolute Gasteiger partial charge is 0.368 e. The van der Waals surface area contributed by atoms with Crippen LogP contribution in [0.1, 0.15) is 11.1 Å². The van der Waals surface area contributed by atoms with Crippen molar-refractivity contribution in [2.45, 2.75) is 13.5 Å². The lowest BCUT2D eigenvalue weighted by Gasteiger charge is -2.36. The molecule has 1 N–H and O–H groups in total. The van der Waals surface area contributed by atoms with Crippen molar-refractivity contribution in [3.8, 4) is 0 Å². The van der Waals surface area contributed by atoms with Crippen molar-refractivity contribution in [1.82, 2.24) is 15.2 Å². The van der Waals surface area contributed by atoms with Crippen LogP contribution in [0.2, 0.25) is 0 Å². The predicted octanol–water partition coefficient (Wildman–Crippen LogP) is 3.18. The fourth-order valence-corrected chi connectivity index (χ4v) is 3.39. The molecule has 6 heteroatoms. The van der Waals surface area contributed by atoms with Gasteiger partial charge in [0, 0.05) is 55.3 Å². The summed E-state index contributed by atoms with van der Waals surface area (Å²) in [5.74, 6) is 0. The molecule has 1 aromatic heterocycles. The number of nitrogens with one attached hydrogen (secondary N) is 1. The number of benzene rings is 1. The summed E-state index contributed by atoms with van der Waals surface area (Å²) >= 11 is 3.50. The third-order valence-electron chi connectivity index (χ3n) is 4.23. The number of aromatic nitrogens is 1. The van der Waals surface area contributed by atoms with Gasteiger partial charge >= 0.3 is 6.03 Å². The number of aryl methyl sites for hydroxylation is 1. The van der Waals surface area contributed by atoms with Gasteiger partial charge in [-0.05, 0) is 42.3 Å². The third kappa shape index (κ3) is 4.06. The van der Waals surface area contributed by atoms with Crippen molar-refractivity contribution in [3.05, 3.63) is 58.3 Å². The van der Waals surface area contributed by atoms with Gasteiger partial charge in [-0.2, -0.15) is 0 Å². The lowest BCUT2D eigenvalue weighted by Crippen LogP contribution is -2.51. The second kappa shape index (κ2) is 7.66. The fourth-order valence-electron chi connectivity index (χ4n) is 2.92. The van der Waals surface area contributed by atoms with Gasteiger partial charge in [0.2, 0.25) is 0 Å². The molecule has 1 aliphatic heterocycles. The Bertz CT molecular complexity index is 699. The van der Waals surface area contributed by atoms with Crippen molar-refractivity contribution >= 4 is 27.6 Å². The molecule has 0 spiro atoms. The second-order valence-electron chi connectivity index (χ2n) is 5.92. The summed E-state index contributed by atoms with van der Waals surface area (Å²) in [6.07, 6.45) is 3.50. The zero-order valence-corrected chi connectivity index (χ0v) is 15.3. The SMILES string of the molecule is Cc1cc(Br)ccc1N1CCN(C(=O)NCc2cccnc2)CC1. The Morgan fingerprint density at radius 3 is 2.71 bits per heavy atom. The molecule has 0 radical (unpaired) electrons. The first-order valence-corrected chi connectivity index (χ1v) is 8.85. The van der Waals surface area contributed by atoms with E-state index in [1.807, 2.05) is 17.0 Å². The molecule has 0 aliphatic carbocycles. The van der Waals surface area contributed by atoms with E-state index in [1.165, 1.54) is 11.3 Å². The number of rotatable bonds is 3. The molecule has 0 atom stereocenters. The highest BCUT2D eigenvalue weighted by Crippen LogP contribution is 2.24. The maximum absolute atomic E-state index is 12.3. The van der Waals surface area contributed by atoms with Crippen LogP contribution < -0.4 is 10.2 Å². The molecule has 0 saturated carbocycles. The van der Waals surface area contributed by atoms with Gasteiger partial charge < -0.3 is 15.1 Å². The molecular formula is C18H21BrN4O. The minimum absolute atomic E-state index is 0.00830. The number of anilines is 1. The molecule has 3 rings (SSSR count). The molecule has 24 heavy (non-hydrogen) atoms. The van der Waals surface area contributed by atoms with E-state index in [4.69, 9.17) is 0 Å². The molecule has 2 heterocycles. The average Bonchev–Trinajstić information content (AvgIpc) is 2.61. The van der Waals surface area contributed by atoms with Crippen LogP contribution in [-0.4, -0.2) is 42.1 Å². The van der Waals surface area contributed by atoms with Crippen molar-refractivity contribution in [2.75, 3.05) is 31.1 Å². The molecule has 0 unspecified atom stereocenters. The number of amides is 2. The van der Waals surface area contributed by atoms with Crippen LogP contribution in [0.25, 0.3) is 0 Å². The quantitative estimate of drug-likeness (QED) is 0.877. The highest BCUT2D eigenvalue weighted by Gasteiger charge is 2.21. The maximum atomic E-state index is 12.3. The zero-order valence-electron chi connectivity index (χ0n) is 13.7. The van der Waals surface area contributed by atoms with Crippen molar-refractivity contribution in [3.63, 3.8) is 0 Å². The molecule has 2 amide bonds. The molecular weight excluding hydrogens is 368 g/mol. The van der Waals surface area contributed by atoms with Crippen molar-refractivity contribution < 1.29 is 4.79 Å². The first kappa shape index (κ1) is 16.8. The number of halogens is 1. The third-order valence-corrected chi connectivity index (χ3v) is 4.73. The molecule has 126 valence electrons. The topological polar surface area (TPSA) is 48.5 Å². The Morgan fingerprint density at radius 2 is 2.04 bits per heavy atom. The van der Waals surface area contributed by atoms with E-state index in [2.05, 4.69) is 56.3 Å². The van der Waals surface area contributed by atoms with E-state index in [0.29, 0.717) is 6.54 Å². The van der Waals surface area contributed by atoms with Crippen LogP contribution in [0.4, 0.5) is 10.5 Å². The summed E-state index contributed by atoms with van der Waals surface area (Å²) in [5, 5.41) is 2.96. The second-order valence-corrected chi connectivity index (χ2v) is 6.84. The Labute approximate surface area is 150 Å². The summed E-state index contributed by atoms with van der Waals surface area (Å²) in [6, 6.07) is 10.2. The zero-order chi connectivity index (χ0) is 16.9. The van der Waals surface area contributed by atoms with Crippen molar-refractivity contribution in [1.29, 1.82) is 0 Å².